The number of hydrogen-bond acceptors (Lipinski definition) is 3. The first-order valence-electron chi connectivity index (χ1n) is 10.2. The maximum atomic E-state index is 6.15. The number of aryl methyl sites for hydroxylation is 1. The van der Waals surface area contributed by atoms with Crippen molar-refractivity contribution in [2.24, 2.45) is 4.99 Å². The fraction of sp³-hybridized carbons (Fsp3) is 0.148. The van der Waals surface area contributed by atoms with Gasteiger partial charge in [-0.2, -0.15) is 0 Å². The van der Waals surface area contributed by atoms with E-state index in [0.29, 0.717) is 13.2 Å². The number of ether oxygens (including phenoxy) is 2. The van der Waals surface area contributed by atoms with Crippen molar-refractivity contribution in [3.8, 4) is 11.5 Å². The summed E-state index contributed by atoms with van der Waals surface area (Å²) < 4.78 is 12.0. The molecule has 4 aromatic carbocycles. The molecule has 0 aliphatic heterocycles. The van der Waals surface area contributed by atoms with Gasteiger partial charge < -0.3 is 9.47 Å². The molecule has 0 aliphatic carbocycles. The van der Waals surface area contributed by atoms with Crippen molar-refractivity contribution in [1.82, 2.24) is 0 Å². The molecule has 0 N–H and O–H groups in total. The zero-order valence-corrected chi connectivity index (χ0v) is 17.3. The van der Waals surface area contributed by atoms with Crippen molar-refractivity contribution in [3.05, 3.63) is 102 Å². The van der Waals surface area contributed by atoms with Gasteiger partial charge in [-0.25, -0.2) is 0 Å². The van der Waals surface area contributed by atoms with Crippen LogP contribution in [0.3, 0.4) is 0 Å². The molecule has 0 amide bonds. The Morgan fingerprint density at radius 2 is 1.60 bits per heavy atom. The summed E-state index contributed by atoms with van der Waals surface area (Å²) in [6, 6.07) is 28.7. The van der Waals surface area contributed by atoms with Crippen LogP contribution in [0, 0.1) is 6.92 Å². The van der Waals surface area contributed by atoms with E-state index in [1.807, 2.05) is 43.5 Å². The van der Waals surface area contributed by atoms with Gasteiger partial charge in [0.05, 0.1) is 12.3 Å². The highest BCUT2D eigenvalue weighted by Crippen LogP contribution is 2.30. The van der Waals surface area contributed by atoms with E-state index in [4.69, 9.17) is 9.47 Å². The first-order valence-corrected chi connectivity index (χ1v) is 10.2. The third-order valence-electron chi connectivity index (χ3n) is 4.93. The molecule has 0 fully saturated rings. The van der Waals surface area contributed by atoms with Crippen LogP contribution in [0.25, 0.3) is 10.8 Å². The van der Waals surface area contributed by atoms with Crippen LogP contribution < -0.4 is 9.47 Å². The molecule has 30 heavy (non-hydrogen) atoms. The predicted molar refractivity (Wildman–Crippen MR) is 124 cm³/mol. The van der Waals surface area contributed by atoms with Gasteiger partial charge in [-0.1, -0.05) is 60.2 Å². The zero-order chi connectivity index (χ0) is 20.8. The van der Waals surface area contributed by atoms with E-state index in [-0.39, 0.29) is 0 Å². The molecule has 4 aromatic rings. The normalized spacial score (nSPS) is 11.1. The minimum Gasteiger partial charge on any atom is -0.490 e. The van der Waals surface area contributed by atoms with Gasteiger partial charge in [-0.05, 0) is 66.1 Å². The number of aliphatic imine (C=N–C) groups is 1. The molecule has 0 aliphatic rings. The molecular formula is C27H25NO2. The molecule has 0 radical (unpaired) electrons. The van der Waals surface area contributed by atoms with Crippen LogP contribution >= 0.6 is 0 Å². The van der Waals surface area contributed by atoms with Crippen LogP contribution in [0.1, 0.15) is 23.6 Å². The fourth-order valence-electron chi connectivity index (χ4n) is 3.35. The Labute approximate surface area is 177 Å². The average molecular weight is 396 g/mol. The van der Waals surface area contributed by atoms with Crippen LogP contribution in [0.15, 0.2) is 89.9 Å². The lowest BCUT2D eigenvalue weighted by Crippen LogP contribution is -2.01. The summed E-state index contributed by atoms with van der Waals surface area (Å²) in [5, 5.41) is 2.42. The molecule has 0 saturated carbocycles. The minimum absolute atomic E-state index is 0.484. The van der Waals surface area contributed by atoms with Crippen LogP contribution in [0.4, 0.5) is 5.69 Å². The fourth-order valence-corrected chi connectivity index (χ4v) is 3.35. The predicted octanol–water partition coefficient (Wildman–Crippen LogP) is 6.88. The van der Waals surface area contributed by atoms with Crippen molar-refractivity contribution < 1.29 is 9.47 Å². The van der Waals surface area contributed by atoms with Crippen molar-refractivity contribution in [2.75, 3.05) is 6.61 Å². The standard InChI is InChI=1S/C27H25NO2/c1-3-29-27-17-21(18-28-24-14-11-20(2)12-15-24)13-16-26(27)30-19-23-9-6-8-22-7-4-5-10-25(22)23/h4-18H,3,19H2,1-2H3. The molecule has 4 rings (SSSR count). The summed E-state index contributed by atoms with van der Waals surface area (Å²) in [6.45, 7) is 5.10. The van der Waals surface area contributed by atoms with E-state index >= 15 is 0 Å². The molecular weight excluding hydrogens is 370 g/mol. The first kappa shape index (κ1) is 19.7. The SMILES string of the molecule is CCOc1cc(C=Nc2ccc(C)cc2)ccc1OCc1cccc2ccccc12. The Hall–Kier alpha value is -3.59. The molecule has 0 spiro atoms. The quantitative estimate of drug-likeness (QED) is 0.319. The van der Waals surface area contributed by atoms with Crippen molar-refractivity contribution >= 4 is 22.7 Å². The van der Waals surface area contributed by atoms with Crippen LogP contribution in [0.2, 0.25) is 0 Å². The molecule has 0 unspecified atom stereocenters. The number of nitrogens with zero attached hydrogens (tertiary/aromatic N) is 1. The van der Waals surface area contributed by atoms with Crippen LogP contribution in [0.5, 0.6) is 11.5 Å². The van der Waals surface area contributed by atoms with Crippen molar-refractivity contribution in [2.45, 2.75) is 20.5 Å². The summed E-state index contributed by atoms with van der Waals surface area (Å²) in [4.78, 5) is 4.55. The third-order valence-corrected chi connectivity index (χ3v) is 4.93. The summed E-state index contributed by atoms with van der Waals surface area (Å²) in [5.41, 5.74) is 4.27. The summed E-state index contributed by atoms with van der Waals surface area (Å²) in [7, 11) is 0. The second-order valence-corrected chi connectivity index (χ2v) is 7.16. The molecule has 3 nitrogen and oxygen atoms in total. The Bertz CT molecular complexity index is 1160. The van der Waals surface area contributed by atoms with E-state index in [2.05, 4.69) is 66.5 Å². The topological polar surface area (TPSA) is 30.8 Å². The highest BCUT2D eigenvalue weighted by atomic mass is 16.5. The van der Waals surface area contributed by atoms with Crippen molar-refractivity contribution in [3.63, 3.8) is 0 Å². The number of hydrogen-bond donors (Lipinski definition) is 0. The zero-order valence-electron chi connectivity index (χ0n) is 17.3. The lowest BCUT2D eigenvalue weighted by molar-refractivity contribution is 0.270. The number of rotatable bonds is 7. The first-order chi connectivity index (χ1) is 14.7. The molecule has 150 valence electrons. The van der Waals surface area contributed by atoms with Crippen molar-refractivity contribution in [1.29, 1.82) is 0 Å². The van der Waals surface area contributed by atoms with Crippen LogP contribution in [-0.4, -0.2) is 12.8 Å². The van der Waals surface area contributed by atoms with Gasteiger partial charge in [0.1, 0.15) is 6.61 Å². The second-order valence-electron chi connectivity index (χ2n) is 7.16. The minimum atomic E-state index is 0.484. The van der Waals surface area contributed by atoms with E-state index in [1.54, 1.807) is 0 Å². The Kier molecular flexibility index (Phi) is 6.09. The molecule has 0 bridgehead atoms. The van der Waals surface area contributed by atoms with Gasteiger partial charge in [-0.3, -0.25) is 4.99 Å². The molecule has 0 atom stereocenters. The Balaban J connectivity index is 1.53. The maximum absolute atomic E-state index is 6.15. The number of fused-ring (bicyclic) bond motifs is 1. The molecule has 0 saturated heterocycles. The highest BCUT2D eigenvalue weighted by molar-refractivity contribution is 5.85. The van der Waals surface area contributed by atoms with Gasteiger partial charge >= 0.3 is 0 Å². The van der Waals surface area contributed by atoms with Gasteiger partial charge in [0, 0.05) is 6.21 Å². The maximum Gasteiger partial charge on any atom is 0.161 e. The van der Waals surface area contributed by atoms with Crippen LogP contribution in [-0.2, 0) is 6.61 Å². The van der Waals surface area contributed by atoms with Gasteiger partial charge in [0.15, 0.2) is 11.5 Å². The Morgan fingerprint density at radius 1 is 0.800 bits per heavy atom. The van der Waals surface area contributed by atoms with E-state index in [0.717, 1.165) is 28.3 Å². The summed E-state index contributed by atoms with van der Waals surface area (Å²) in [6.07, 6.45) is 1.85. The summed E-state index contributed by atoms with van der Waals surface area (Å²) >= 11 is 0. The lowest BCUT2D eigenvalue weighted by Gasteiger charge is -2.13. The average Bonchev–Trinajstić information content (AvgIpc) is 2.78. The van der Waals surface area contributed by atoms with Gasteiger partial charge in [-0.15, -0.1) is 0 Å². The smallest absolute Gasteiger partial charge is 0.161 e. The van der Waals surface area contributed by atoms with E-state index in [1.165, 1.54) is 16.3 Å². The van der Waals surface area contributed by atoms with Gasteiger partial charge in [0.25, 0.3) is 0 Å². The third kappa shape index (κ3) is 4.69. The second kappa shape index (κ2) is 9.27. The van der Waals surface area contributed by atoms with Gasteiger partial charge in [0.2, 0.25) is 0 Å². The summed E-state index contributed by atoms with van der Waals surface area (Å²) in [5.74, 6) is 1.46. The molecule has 0 heterocycles. The number of benzene rings is 4. The largest absolute Gasteiger partial charge is 0.490 e. The molecule has 3 heteroatoms. The Morgan fingerprint density at radius 3 is 2.43 bits per heavy atom. The monoisotopic (exact) mass is 395 g/mol. The molecule has 0 aromatic heterocycles. The van der Waals surface area contributed by atoms with E-state index in [9.17, 15) is 0 Å². The lowest BCUT2D eigenvalue weighted by atomic mass is 10.1. The van der Waals surface area contributed by atoms with E-state index < -0.39 is 0 Å². The highest BCUT2D eigenvalue weighted by Gasteiger charge is 2.08.